The average Bonchev–Trinajstić information content (AvgIpc) is 3.40. The number of hydrogen-bond acceptors (Lipinski definition) is 6. The molecule has 0 aromatic carbocycles. The van der Waals surface area contributed by atoms with Crippen molar-refractivity contribution in [2.24, 2.45) is 0 Å². The summed E-state index contributed by atoms with van der Waals surface area (Å²) < 4.78 is 0. The lowest BCUT2D eigenvalue weighted by Crippen LogP contribution is -2.49. The van der Waals surface area contributed by atoms with E-state index in [0.717, 1.165) is 60.4 Å². The molecule has 4 heterocycles. The van der Waals surface area contributed by atoms with E-state index >= 15 is 0 Å². The normalized spacial score (nSPS) is 17.2. The minimum Gasteiger partial charge on any atom is -0.352 e. The van der Waals surface area contributed by atoms with E-state index in [4.69, 9.17) is 9.97 Å². The number of hydrogen-bond donors (Lipinski definition) is 0. The second kappa shape index (κ2) is 7.44. The Morgan fingerprint density at radius 1 is 1.14 bits per heavy atom. The molecule has 1 amide bonds. The van der Waals surface area contributed by atoms with Crippen LogP contribution in [0, 0.1) is 0 Å². The van der Waals surface area contributed by atoms with Crippen molar-refractivity contribution in [1.82, 2.24) is 14.9 Å². The highest BCUT2D eigenvalue weighted by Crippen LogP contribution is 2.40. The molecule has 3 aromatic rings. The molecule has 0 N–H and O–H groups in total. The zero-order valence-corrected chi connectivity index (χ0v) is 17.7. The summed E-state index contributed by atoms with van der Waals surface area (Å²) in [5.41, 5.74) is 1.49. The quantitative estimate of drug-likeness (QED) is 0.648. The molecule has 1 fully saturated rings. The Morgan fingerprint density at radius 2 is 1.96 bits per heavy atom. The van der Waals surface area contributed by atoms with Crippen LogP contribution in [-0.2, 0) is 19.3 Å². The largest absolute Gasteiger partial charge is 0.352 e. The Labute approximate surface area is 173 Å². The van der Waals surface area contributed by atoms with Crippen molar-refractivity contribution in [2.75, 3.05) is 31.1 Å². The maximum absolute atomic E-state index is 12.7. The topological polar surface area (TPSA) is 49.3 Å². The Hall–Kier alpha value is -1.99. The van der Waals surface area contributed by atoms with E-state index < -0.39 is 0 Å². The number of amides is 1. The summed E-state index contributed by atoms with van der Waals surface area (Å²) in [5, 5.41) is 3.25. The van der Waals surface area contributed by atoms with Crippen LogP contribution in [-0.4, -0.2) is 47.0 Å². The van der Waals surface area contributed by atoms with Gasteiger partial charge in [0.15, 0.2) is 0 Å². The molecular formula is C21H24N4OS2. The van der Waals surface area contributed by atoms with Gasteiger partial charge in [0.1, 0.15) is 16.5 Å². The molecule has 2 aliphatic rings. The monoisotopic (exact) mass is 412 g/mol. The first-order valence-electron chi connectivity index (χ1n) is 10.1. The Morgan fingerprint density at radius 3 is 2.71 bits per heavy atom. The zero-order valence-electron chi connectivity index (χ0n) is 16.1. The number of thiophene rings is 2. The third-order valence-corrected chi connectivity index (χ3v) is 7.80. The van der Waals surface area contributed by atoms with E-state index in [9.17, 15) is 4.79 Å². The predicted molar refractivity (Wildman–Crippen MR) is 116 cm³/mol. The minimum atomic E-state index is 0.157. The van der Waals surface area contributed by atoms with Crippen molar-refractivity contribution in [3.05, 3.63) is 38.7 Å². The van der Waals surface area contributed by atoms with Gasteiger partial charge in [-0.1, -0.05) is 13.0 Å². The molecule has 7 heteroatoms. The minimum absolute atomic E-state index is 0.157. The number of piperazine rings is 1. The first-order chi connectivity index (χ1) is 13.7. The summed E-state index contributed by atoms with van der Waals surface area (Å²) >= 11 is 3.39. The lowest BCUT2D eigenvalue weighted by atomic mass is 9.97. The van der Waals surface area contributed by atoms with E-state index in [-0.39, 0.29) is 5.91 Å². The summed E-state index contributed by atoms with van der Waals surface area (Å²) in [6.45, 7) is 5.27. The molecule has 0 bridgehead atoms. The fourth-order valence-corrected chi connectivity index (χ4v) is 6.21. The molecule has 0 saturated carbocycles. The number of rotatable bonds is 3. The van der Waals surface area contributed by atoms with Crippen molar-refractivity contribution in [3.8, 4) is 0 Å². The molecule has 5 nitrogen and oxygen atoms in total. The van der Waals surface area contributed by atoms with Crippen LogP contribution in [0.3, 0.4) is 0 Å². The molecule has 0 spiro atoms. The number of aromatic nitrogens is 2. The number of aryl methyl sites for hydroxylation is 3. The van der Waals surface area contributed by atoms with Crippen LogP contribution in [0.1, 0.15) is 45.7 Å². The summed E-state index contributed by atoms with van der Waals surface area (Å²) in [6, 6.07) is 3.86. The number of carbonyl (C=O) groups excluding carboxylic acids is 1. The lowest BCUT2D eigenvalue weighted by molar-refractivity contribution is 0.0751. The Bertz CT molecular complexity index is 1000. The fourth-order valence-electron chi connectivity index (χ4n) is 4.25. The van der Waals surface area contributed by atoms with Crippen LogP contribution in [0.25, 0.3) is 10.2 Å². The summed E-state index contributed by atoms with van der Waals surface area (Å²) in [7, 11) is 0. The predicted octanol–water partition coefficient (Wildman–Crippen LogP) is 4.16. The zero-order chi connectivity index (χ0) is 19.1. The van der Waals surface area contributed by atoms with Crippen LogP contribution in [0.2, 0.25) is 0 Å². The van der Waals surface area contributed by atoms with Crippen LogP contribution >= 0.6 is 22.7 Å². The molecule has 28 heavy (non-hydrogen) atoms. The van der Waals surface area contributed by atoms with E-state index in [1.807, 2.05) is 33.7 Å². The standard InChI is InChI=1S/C21H24N4OS2/c1-2-17-22-19(18-14-6-3-4-7-15(14)28-20(18)23-17)24-9-11-25(12-10-24)21(26)16-8-5-13-27-16/h5,8,13H,2-4,6-7,9-12H2,1H3. The molecule has 3 aromatic heterocycles. The number of nitrogens with zero attached hydrogens (tertiary/aromatic N) is 4. The van der Waals surface area contributed by atoms with Crippen LogP contribution < -0.4 is 4.90 Å². The highest BCUT2D eigenvalue weighted by Gasteiger charge is 2.27. The van der Waals surface area contributed by atoms with Gasteiger partial charge in [0.2, 0.25) is 0 Å². The van der Waals surface area contributed by atoms with E-state index in [0.29, 0.717) is 0 Å². The fraction of sp³-hybridized carbons (Fsp3) is 0.476. The average molecular weight is 413 g/mol. The van der Waals surface area contributed by atoms with Gasteiger partial charge in [-0.3, -0.25) is 4.79 Å². The summed E-state index contributed by atoms with van der Waals surface area (Å²) in [5.74, 6) is 2.19. The van der Waals surface area contributed by atoms with Gasteiger partial charge < -0.3 is 9.80 Å². The van der Waals surface area contributed by atoms with Gasteiger partial charge >= 0.3 is 0 Å². The smallest absolute Gasteiger partial charge is 0.264 e. The van der Waals surface area contributed by atoms with Gasteiger partial charge in [-0.15, -0.1) is 22.7 Å². The van der Waals surface area contributed by atoms with Gasteiger partial charge in [-0.05, 0) is 42.7 Å². The van der Waals surface area contributed by atoms with Crippen LogP contribution in [0.4, 0.5) is 5.82 Å². The highest BCUT2D eigenvalue weighted by molar-refractivity contribution is 7.19. The maximum Gasteiger partial charge on any atom is 0.264 e. The van der Waals surface area contributed by atoms with Crippen molar-refractivity contribution in [1.29, 1.82) is 0 Å². The summed E-state index contributed by atoms with van der Waals surface area (Å²) in [6.07, 6.45) is 5.72. The van der Waals surface area contributed by atoms with E-state index in [1.54, 1.807) is 0 Å². The van der Waals surface area contributed by atoms with Crippen molar-refractivity contribution in [3.63, 3.8) is 0 Å². The molecule has 5 rings (SSSR count). The van der Waals surface area contributed by atoms with Gasteiger partial charge in [-0.25, -0.2) is 9.97 Å². The van der Waals surface area contributed by atoms with Gasteiger partial charge in [0.25, 0.3) is 5.91 Å². The molecule has 0 radical (unpaired) electrons. The molecule has 1 aliphatic carbocycles. The third kappa shape index (κ3) is 3.10. The maximum atomic E-state index is 12.7. The molecule has 0 unspecified atom stereocenters. The second-order valence-corrected chi connectivity index (χ2v) is 9.50. The van der Waals surface area contributed by atoms with Crippen molar-refractivity contribution in [2.45, 2.75) is 39.0 Å². The second-order valence-electron chi connectivity index (χ2n) is 7.46. The number of fused-ring (bicyclic) bond motifs is 3. The molecule has 146 valence electrons. The Balaban J connectivity index is 1.45. The van der Waals surface area contributed by atoms with Crippen molar-refractivity contribution < 1.29 is 4.79 Å². The number of anilines is 1. The van der Waals surface area contributed by atoms with Gasteiger partial charge in [0, 0.05) is 37.5 Å². The molecule has 1 aliphatic heterocycles. The first kappa shape index (κ1) is 18.1. The third-order valence-electron chi connectivity index (χ3n) is 5.76. The van der Waals surface area contributed by atoms with Crippen LogP contribution in [0.5, 0.6) is 0 Å². The Kier molecular flexibility index (Phi) is 4.80. The summed E-state index contributed by atoms with van der Waals surface area (Å²) in [4.78, 5) is 30.3. The molecule has 0 atom stereocenters. The molecule has 1 saturated heterocycles. The number of carbonyl (C=O) groups is 1. The SMILES string of the molecule is CCc1nc(N2CCN(C(=O)c3cccs3)CC2)c2c3c(sc2n1)CCCC3. The van der Waals surface area contributed by atoms with Crippen molar-refractivity contribution >= 4 is 44.6 Å². The van der Waals surface area contributed by atoms with Gasteiger partial charge in [0.05, 0.1) is 10.3 Å². The highest BCUT2D eigenvalue weighted by atomic mass is 32.1. The lowest BCUT2D eigenvalue weighted by Gasteiger charge is -2.35. The van der Waals surface area contributed by atoms with E-state index in [1.165, 1.54) is 46.4 Å². The van der Waals surface area contributed by atoms with Gasteiger partial charge in [-0.2, -0.15) is 0 Å². The molecular weight excluding hydrogens is 388 g/mol. The van der Waals surface area contributed by atoms with E-state index in [2.05, 4.69) is 11.8 Å². The van der Waals surface area contributed by atoms with Crippen LogP contribution in [0.15, 0.2) is 17.5 Å². The first-order valence-corrected chi connectivity index (χ1v) is 11.8.